The fourth-order valence-corrected chi connectivity index (χ4v) is 7.98. The Labute approximate surface area is 333 Å². The summed E-state index contributed by atoms with van der Waals surface area (Å²) in [6, 6.07) is 0. The van der Waals surface area contributed by atoms with Crippen LogP contribution in [-0.2, 0) is 44.5 Å². The summed E-state index contributed by atoms with van der Waals surface area (Å²) < 4.78 is 218. The maximum Gasteiger partial charge on any atom is 0.267 e. The highest BCUT2D eigenvalue weighted by Gasteiger charge is 2.34. The number of likely N-dealkylation sites (N-methyl/N-ethyl adjacent to an activating group) is 2. The number of hydrogen-bond acceptors (Lipinski definition) is 13. The number of hydrogen-bond donors (Lipinski definition) is 2. The molecule has 0 atom stereocenters. The van der Waals surface area contributed by atoms with E-state index in [0.717, 1.165) is 0 Å². The van der Waals surface area contributed by atoms with E-state index in [1.807, 2.05) is 14.5 Å². The average Bonchev–Trinajstić information content (AvgIpc) is 3.49. The minimum Gasteiger partial charge on any atom is -0.748 e. The van der Waals surface area contributed by atoms with Crippen LogP contribution < -0.4 is 9.44 Å². The van der Waals surface area contributed by atoms with Gasteiger partial charge < -0.3 is 13.9 Å². The van der Waals surface area contributed by atoms with Gasteiger partial charge in [0.05, 0.1) is 56.2 Å². The molecule has 59 heavy (non-hydrogen) atoms. The number of nitrogens with one attached hydrogen (secondary N) is 2. The Morgan fingerprint density at radius 1 is 0.746 bits per heavy atom. The number of azide groups is 2. The highest BCUT2D eigenvalue weighted by Crippen LogP contribution is 2.34. The molecule has 1 heterocycles. The first-order valence-electron chi connectivity index (χ1n) is 15.6. The predicted molar refractivity (Wildman–Crippen MR) is 191 cm³/mol. The molecule has 0 amide bonds. The van der Waals surface area contributed by atoms with Crippen molar-refractivity contribution in [3.8, 4) is 0 Å². The van der Waals surface area contributed by atoms with Crippen LogP contribution in [0.4, 0.5) is 46.5 Å². The number of rotatable bonds is 16. The highest BCUT2D eigenvalue weighted by atomic mass is 32.2. The third-order valence-electron chi connectivity index (χ3n) is 7.05. The molecule has 0 unspecified atom stereocenters. The minimum atomic E-state index is -5.04. The molecule has 0 bridgehead atoms. The van der Waals surface area contributed by atoms with Crippen molar-refractivity contribution >= 4 is 51.7 Å². The number of nitrogens with zero attached hydrogens (tertiary/aromatic N) is 8. The second-order valence-electron chi connectivity index (χ2n) is 12.3. The smallest absolute Gasteiger partial charge is 0.267 e. The van der Waals surface area contributed by atoms with Gasteiger partial charge in [-0.1, -0.05) is 17.7 Å². The van der Waals surface area contributed by atoms with Gasteiger partial charge in [-0.15, -0.1) is 0 Å². The molecule has 32 heteroatoms. The molecule has 0 aliphatic carbocycles. The Hall–Kier alpha value is -3.94. The number of quaternary nitrogens is 1. The summed E-state index contributed by atoms with van der Waals surface area (Å²) in [6.45, 7) is 0.0426. The van der Waals surface area contributed by atoms with Crippen LogP contribution in [0.15, 0.2) is 20.0 Å². The molecule has 1 aliphatic heterocycles. The summed E-state index contributed by atoms with van der Waals surface area (Å²) in [7, 11) is -11.0. The zero-order valence-corrected chi connectivity index (χ0v) is 33.7. The molecule has 336 valence electrons. The van der Waals surface area contributed by atoms with Gasteiger partial charge in [0.2, 0.25) is 20.0 Å². The fourth-order valence-electron chi connectivity index (χ4n) is 4.23. The standard InChI is InChI=1S/C13H17F4N5O5S2.C10H11F4N5O2S.C3H6O3S.CH4/c1-22(2,5-3-7-28(23,24)25)6-4-19-29(26,27)13-10(16)8(14)12(20-21-18)9(15)11(13)17;1-19(2)4-3-16-22(20,21)10-7(13)5(11)9(17-18-15)6(12)8(10)14;4-7(5)3-1-2-6-7;/h19H,3-7H2,1-2H3;16H,3-4H2,1-2H3;1-3H2;1H4. The van der Waals surface area contributed by atoms with E-state index in [0.29, 0.717) is 13.0 Å². The fraction of sp³-hybridized carbons (Fsp3) is 0.556. The molecule has 0 spiro atoms. The largest absolute Gasteiger partial charge is 0.748 e. The molecular formula is C27H38F8N10O10S4. The summed E-state index contributed by atoms with van der Waals surface area (Å²) in [5, 5.41) is 4.92. The van der Waals surface area contributed by atoms with E-state index >= 15 is 0 Å². The lowest BCUT2D eigenvalue weighted by Gasteiger charge is -2.30. The van der Waals surface area contributed by atoms with E-state index in [1.54, 1.807) is 37.8 Å². The first kappa shape index (κ1) is 55.1. The van der Waals surface area contributed by atoms with Gasteiger partial charge in [0.15, 0.2) is 56.3 Å². The number of halogens is 8. The average molecular weight is 943 g/mol. The van der Waals surface area contributed by atoms with Crippen LogP contribution in [0, 0.1) is 46.5 Å². The molecule has 0 radical (unpaired) electrons. The molecule has 0 saturated carbocycles. The quantitative estimate of drug-likeness (QED) is 0.0356. The van der Waals surface area contributed by atoms with E-state index in [1.165, 1.54) is 0 Å². The third-order valence-corrected chi connectivity index (χ3v) is 12.1. The monoisotopic (exact) mass is 942 g/mol. The molecule has 1 fully saturated rings. The number of sulfonamides is 2. The van der Waals surface area contributed by atoms with E-state index in [2.05, 4.69) is 14.4 Å². The molecule has 2 N–H and O–H groups in total. The van der Waals surface area contributed by atoms with Crippen molar-refractivity contribution in [2.45, 2.75) is 30.1 Å². The first-order chi connectivity index (χ1) is 26.5. The maximum absolute atomic E-state index is 14.0. The van der Waals surface area contributed by atoms with Gasteiger partial charge >= 0.3 is 0 Å². The van der Waals surface area contributed by atoms with Crippen LogP contribution in [0.2, 0.25) is 0 Å². The molecular weight excluding hydrogens is 905 g/mol. The van der Waals surface area contributed by atoms with Crippen LogP contribution in [0.5, 0.6) is 0 Å². The lowest BCUT2D eigenvalue weighted by molar-refractivity contribution is -0.889. The Bertz CT molecular complexity index is 2310. The molecule has 0 aromatic heterocycles. The lowest BCUT2D eigenvalue weighted by Crippen LogP contribution is -2.46. The second-order valence-corrected chi connectivity index (χ2v) is 19.0. The summed E-state index contributed by atoms with van der Waals surface area (Å²) in [4.78, 5) is 1.87. The Morgan fingerprint density at radius 2 is 1.14 bits per heavy atom. The highest BCUT2D eigenvalue weighted by molar-refractivity contribution is 7.89. The van der Waals surface area contributed by atoms with Gasteiger partial charge in [-0.25, -0.2) is 69.8 Å². The van der Waals surface area contributed by atoms with Gasteiger partial charge in [0, 0.05) is 35.1 Å². The second kappa shape index (κ2) is 22.6. The zero-order chi connectivity index (χ0) is 45.0. The van der Waals surface area contributed by atoms with Gasteiger partial charge in [0.1, 0.15) is 11.4 Å². The third kappa shape index (κ3) is 16.6. The summed E-state index contributed by atoms with van der Waals surface area (Å²) >= 11 is 0. The Morgan fingerprint density at radius 3 is 1.42 bits per heavy atom. The Kier molecular flexibility index (Phi) is 21.1. The van der Waals surface area contributed by atoms with E-state index in [9.17, 15) is 73.3 Å². The van der Waals surface area contributed by atoms with Crippen molar-refractivity contribution in [2.24, 2.45) is 10.2 Å². The normalized spacial score (nSPS) is 13.9. The summed E-state index contributed by atoms with van der Waals surface area (Å²) in [6.07, 6.45) is 0.647. The van der Waals surface area contributed by atoms with Crippen molar-refractivity contribution in [2.75, 3.05) is 79.0 Å². The van der Waals surface area contributed by atoms with Crippen LogP contribution >= 0.6 is 0 Å². The van der Waals surface area contributed by atoms with Gasteiger partial charge in [0.25, 0.3) is 10.1 Å². The molecule has 1 saturated heterocycles. The SMILES string of the molecule is C.CN(C)CCNS(=O)(=O)c1c(F)c(F)c(N=[N+]=[N-])c(F)c1F.C[N+](C)(CCCS(=O)(=O)[O-])CCNS(=O)(=O)c1c(F)c(F)c(N=[N+]=[N-])c(F)c1F.O=S1(=O)CCCO1. The Balaban J connectivity index is 0.000000984. The number of benzene rings is 2. The van der Waals surface area contributed by atoms with Crippen LogP contribution in [0.3, 0.4) is 0 Å². The molecule has 1 aliphatic rings. The molecule has 3 rings (SSSR count). The van der Waals surface area contributed by atoms with Crippen molar-refractivity contribution in [1.82, 2.24) is 14.3 Å². The van der Waals surface area contributed by atoms with E-state index in [-0.39, 0.29) is 50.3 Å². The molecule has 2 aromatic rings. The van der Waals surface area contributed by atoms with Crippen molar-refractivity contribution in [3.05, 3.63) is 67.4 Å². The van der Waals surface area contributed by atoms with E-state index in [4.69, 9.17) is 11.1 Å². The minimum absolute atomic E-state index is 0. The zero-order valence-electron chi connectivity index (χ0n) is 30.4. The van der Waals surface area contributed by atoms with Crippen LogP contribution in [-0.4, -0.2) is 127 Å². The predicted octanol–water partition coefficient (Wildman–Crippen LogP) is 3.87. The first-order valence-corrected chi connectivity index (χ1v) is 21.7. The van der Waals surface area contributed by atoms with Crippen molar-refractivity contribution in [3.63, 3.8) is 0 Å². The topological polar surface area (TPSA) is 294 Å². The van der Waals surface area contributed by atoms with Crippen molar-refractivity contribution < 1.29 is 82.0 Å². The van der Waals surface area contributed by atoms with Crippen LogP contribution in [0.25, 0.3) is 20.9 Å². The summed E-state index contributed by atoms with van der Waals surface area (Å²) in [5.74, 6) is -17.8. The van der Waals surface area contributed by atoms with Gasteiger partial charge in [-0.05, 0) is 31.6 Å². The van der Waals surface area contributed by atoms with Crippen LogP contribution in [0.1, 0.15) is 20.3 Å². The molecule has 20 nitrogen and oxygen atoms in total. The van der Waals surface area contributed by atoms with Gasteiger partial charge in [-0.3, -0.25) is 4.18 Å². The van der Waals surface area contributed by atoms with Gasteiger partial charge in [-0.2, -0.15) is 8.42 Å². The maximum atomic E-state index is 14.0. The van der Waals surface area contributed by atoms with E-state index < -0.39 is 120 Å². The lowest BCUT2D eigenvalue weighted by atomic mass is 10.2. The summed E-state index contributed by atoms with van der Waals surface area (Å²) in [5.41, 5.74) is 13.0. The van der Waals surface area contributed by atoms with Crippen molar-refractivity contribution in [1.29, 1.82) is 0 Å². The molecule has 2 aromatic carbocycles.